The van der Waals surface area contributed by atoms with Crippen LogP contribution in [0.15, 0.2) is 79.0 Å². The van der Waals surface area contributed by atoms with Crippen LogP contribution in [0.25, 0.3) is 11.3 Å². The van der Waals surface area contributed by atoms with Crippen LogP contribution in [-0.2, 0) is 5.41 Å². The molecule has 1 aromatic heterocycles. The zero-order chi connectivity index (χ0) is 14.7. The Kier molecular flexibility index (Phi) is 3.57. The van der Waals surface area contributed by atoms with Gasteiger partial charge in [0.1, 0.15) is 0 Å². The molecule has 0 bridgehead atoms. The van der Waals surface area contributed by atoms with E-state index < -0.39 is 0 Å². The van der Waals surface area contributed by atoms with Crippen molar-refractivity contribution in [3.63, 3.8) is 0 Å². The van der Waals surface area contributed by atoms with Gasteiger partial charge in [-0.1, -0.05) is 68.4 Å². The van der Waals surface area contributed by atoms with Crippen molar-refractivity contribution in [3.05, 3.63) is 90.1 Å². The molecule has 0 fully saturated rings. The lowest BCUT2D eigenvalue weighted by Gasteiger charge is -2.26. The first-order valence-electron chi connectivity index (χ1n) is 7.25. The van der Waals surface area contributed by atoms with E-state index in [4.69, 9.17) is 0 Å². The number of hydrogen-bond donors (Lipinski definition) is 0. The standard InChI is InChI=1S/C20H19N/c1-20(2,17-10-4-3-5-11-17)18-12-8-9-16(15-18)19-13-6-7-14-21-19/h3-15H,1-2H3. The average Bonchev–Trinajstić information content (AvgIpc) is 2.57. The highest BCUT2D eigenvalue weighted by atomic mass is 14.7. The Morgan fingerprint density at radius 3 is 2.14 bits per heavy atom. The molecule has 0 amide bonds. The molecular weight excluding hydrogens is 254 g/mol. The molecule has 0 unspecified atom stereocenters. The summed E-state index contributed by atoms with van der Waals surface area (Å²) < 4.78 is 0. The molecule has 104 valence electrons. The van der Waals surface area contributed by atoms with Gasteiger partial charge in [0.25, 0.3) is 0 Å². The Bertz CT molecular complexity index is 715. The number of rotatable bonds is 3. The summed E-state index contributed by atoms with van der Waals surface area (Å²) in [4.78, 5) is 4.44. The van der Waals surface area contributed by atoms with E-state index in [0.29, 0.717) is 0 Å². The third-order valence-electron chi connectivity index (χ3n) is 4.04. The van der Waals surface area contributed by atoms with Gasteiger partial charge in [0.05, 0.1) is 5.69 Å². The van der Waals surface area contributed by atoms with Gasteiger partial charge in [-0.3, -0.25) is 4.98 Å². The molecule has 2 aromatic carbocycles. The smallest absolute Gasteiger partial charge is 0.0702 e. The molecule has 0 atom stereocenters. The molecule has 0 aliphatic heterocycles. The third kappa shape index (κ3) is 2.73. The van der Waals surface area contributed by atoms with E-state index >= 15 is 0 Å². The third-order valence-corrected chi connectivity index (χ3v) is 4.04. The molecule has 0 aliphatic rings. The van der Waals surface area contributed by atoms with Gasteiger partial charge in [0.2, 0.25) is 0 Å². The number of nitrogens with zero attached hydrogens (tertiary/aromatic N) is 1. The van der Waals surface area contributed by atoms with Crippen LogP contribution in [0.4, 0.5) is 0 Å². The lowest BCUT2D eigenvalue weighted by Crippen LogP contribution is -2.18. The Labute approximate surface area is 126 Å². The maximum Gasteiger partial charge on any atom is 0.0702 e. The van der Waals surface area contributed by atoms with Crippen molar-refractivity contribution >= 4 is 0 Å². The van der Waals surface area contributed by atoms with Gasteiger partial charge in [-0.05, 0) is 29.3 Å². The van der Waals surface area contributed by atoms with Gasteiger partial charge in [0.15, 0.2) is 0 Å². The summed E-state index contributed by atoms with van der Waals surface area (Å²) in [6.07, 6.45) is 1.84. The minimum absolute atomic E-state index is 0.0218. The van der Waals surface area contributed by atoms with Crippen molar-refractivity contribution in [2.75, 3.05) is 0 Å². The quantitative estimate of drug-likeness (QED) is 0.649. The topological polar surface area (TPSA) is 12.9 Å². The Hall–Kier alpha value is -2.41. The van der Waals surface area contributed by atoms with Crippen molar-refractivity contribution in [1.82, 2.24) is 4.98 Å². The molecule has 21 heavy (non-hydrogen) atoms. The van der Waals surface area contributed by atoms with Gasteiger partial charge in [-0.15, -0.1) is 0 Å². The molecule has 0 saturated carbocycles. The zero-order valence-electron chi connectivity index (χ0n) is 12.5. The maximum absolute atomic E-state index is 4.44. The average molecular weight is 273 g/mol. The van der Waals surface area contributed by atoms with Gasteiger partial charge in [0, 0.05) is 17.2 Å². The summed E-state index contributed by atoms with van der Waals surface area (Å²) >= 11 is 0. The van der Waals surface area contributed by atoms with Crippen molar-refractivity contribution in [1.29, 1.82) is 0 Å². The molecule has 3 rings (SSSR count). The van der Waals surface area contributed by atoms with E-state index in [9.17, 15) is 0 Å². The fourth-order valence-corrected chi connectivity index (χ4v) is 2.62. The molecule has 1 heteroatoms. The zero-order valence-corrected chi connectivity index (χ0v) is 12.5. The molecule has 0 aliphatic carbocycles. The van der Waals surface area contributed by atoms with Crippen LogP contribution in [0.2, 0.25) is 0 Å². The largest absolute Gasteiger partial charge is 0.256 e. The van der Waals surface area contributed by atoms with Crippen molar-refractivity contribution in [3.8, 4) is 11.3 Å². The Balaban J connectivity index is 2.04. The first kappa shape index (κ1) is 13.6. The maximum atomic E-state index is 4.44. The fourth-order valence-electron chi connectivity index (χ4n) is 2.62. The van der Waals surface area contributed by atoms with Crippen LogP contribution >= 0.6 is 0 Å². The molecule has 0 N–H and O–H groups in total. The van der Waals surface area contributed by atoms with E-state index in [1.54, 1.807) is 0 Å². The van der Waals surface area contributed by atoms with Crippen LogP contribution in [0.3, 0.4) is 0 Å². The summed E-state index contributed by atoms with van der Waals surface area (Å²) in [6, 6.07) is 25.3. The normalized spacial score (nSPS) is 11.3. The van der Waals surface area contributed by atoms with E-state index in [1.165, 1.54) is 11.1 Å². The van der Waals surface area contributed by atoms with Crippen LogP contribution < -0.4 is 0 Å². The highest BCUT2D eigenvalue weighted by Gasteiger charge is 2.23. The predicted octanol–water partition coefficient (Wildman–Crippen LogP) is 5.07. The molecule has 1 heterocycles. The Morgan fingerprint density at radius 2 is 1.43 bits per heavy atom. The fraction of sp³-hybridized carbons (Fsp3) is 0.150. The van der Waals surface area contributed by atoms with Gasteiger partial charge in [-0.2, -0.15) is 0 Å². The summed E-state index contributed by atoms with van der Waals surface area (Å²) in [5.74, 6) is 0. The van der Waals surface area contributed by atoms with Gasteiger partial charge in [-0.25, -0.2) is 0 Å². The predicted molar refractivity (Wildman–Crippen MR) is 88.2 cm³/mol. The number of hydrogen-bond acceptors (Lipinski definition) is 1. The second-order valence-corrected chi connectivity index (χ2v) is 5.79. The number of pyridine rings is 1. The molecular formula is C20H19N. The highest BCUT2D eigenvalue weighted by Crippen LogP contribution is 2.33. The second-order valence-electron chi connectivity index (χ2n) is 5.79. The number of benzene rings is 2. The SMILES string of the molecule is CC(C)(c1ccccc1)c1cccc(-c2ccccn2)c1. The van der Waals surface area contributed by atoms with Gasteiger partial charge < -0.3 is 0 Å². The summed E-state index contributed by atoms with van der Waals surface area (Å²) in [7, 11) is 0. The molecule has 3 aromatic rings. The molecule has 0 spiro atoms. The molecule has 0 radical (unpaired) electrons. The van der Waals surface area contributed by atoms with E-state index in [-0.39, 0.29) is 5.41 Å². The van der Waals surface area contributed by atoms with E-state index in [2.05, 4.69) is 79.5 Å². The number of aromatic nitrogens is 1. The summed E-state index contributed by atoms with van der Waals surface area (Å²) in [5, 5.41) is 0. The minimum Gasteiger partial charge on any atom is -0.256 e. The Morgan fingerprint density at radius 1 is 0.714 bits per heavy atom. The van der Waals surface area contributed by atoms with Crippen LogP contribution in [0, 0.1) is 0 Å². The monoisotopic (exact) mass is 273 g/mol. The highest BCUT2D eigenvalue weighted by molar-refractivity contribution is 5.61. The van der Waals surface area contributed by atoms with Crippen LogP contribution in [0.1, 0.15) is 25.0 Å². The lowest BCUT2D eigenvalue weighted by atomic mass is 9.77. The van der Waals surface area contributed by atoms with E-state index in [1.807, 2.05) is 18.3 Å². The summed E-state index contributed by atoms with van der Waals surface area (Å²) in [6.45, 7) is 4.53. The lowest BCUT2D eigenvalue weighted by molar-refractivity contribution is 0.641. The first-order chi connectivity index (χ1) is 10.2. The summed E-state index contributed by atoms with van der Waals surface area (Å²) in [5.41, 5.74) is 4.78. The van der Waals surface area contributed by atoms with E-state index in [0.717, 1.165) is 11.3 Å². The van der Waals surface area contributed by atoms with Crippen molar-refractivity contribution in [2.24, 2.45) is 0 Å². The van der Waals surface area contributed by atoms with Crippen LogP contribution in [-0.4, -0.2) is 4.98 Å². The van der Waals surface area contributed by atoms with Crippen molar-refractivity contribution < 1.29 is 0 Å². The minimum atomic E-state index is -0.0218. The van der Waals surface area contributed by atoms with Crippen LogP contribution in [0.5, 0.6) is 0 Å². The second kappa shape index (κ2) is 5.53. The first-order valence-corrected chi connectivity index (χ1v) is 7.25. The van der Waals surface area contributed by atoms with Gasteiger partial charge >= 0.3 is 0 Å². The van der Waals surface area contributed by atoms with Crippen molar-refractivity contribution in [2.45, 2.75) is 19.3 Å². The molecule has 1 nitrogen and oxygen atoms in total. The molecule has 0 saturated heterocycles.